The summed E-state index contributed by atoms with van der Waals surface area (Å²) in [4.78, 5) is 36.4. The monoisotopic (exact) mass is 396 g/mol. The second kappa shape index (κ2) is 9.85. The molecule has 0 saturated carbocycles. The zero-order valence-corrected chi connectivity index (χ0v) is 16.4. The number of nitrogens with one attached hydrogen (secondary N) is 2. The van der Waals surface area contributed by atoms with Crippen molar-refractivity contribution in [2.75, 3.05) is 11.9 Å². The Morgan fingerprint density at radius 1 is 0.800 bits per heavy atom. The molecule has 0 radical (unpaired) electrons. The smallest absolute Gasteiger partial charge is 0.252 e. The molecule has 0 aliphatic carbocycles. The summed E-state index contributed by atoms with van der Waals surface area (Å²) < 4.78 is 0. The molecule has 0 heterocycles. The summed E-state index contributed by atoms with van der Waals surface area (Å²) in [6.45, 7) is 1.59. The lowest BCUT2D eigenvalue weighted by Crippen LogP contribution is -2.25. The van der Waals surface area contributed by atoms with Gasteiger partial charge in [0, 0.05) is 29.3 Å². The van der Waals surface area contributed by atoms with Gasteiger partial charge in [-0.25, -0.2) is 0 Å². The molecule has 0 bridgehead atoms. The molecule has 0 aromatic heterocycles. The number of carbonyl (C=O) groups excluding carboxylic acids is 3. The van der Waals surface area contributed by atoms with E-state index < -0.39 is 0 Å². The number of rotatable bonds is 5. The zero-order chi connectivity index (χ0) is 21.3. The molecule has 0 aliphatic rings. The van der Waals surface area contributed by atoms with Crippen LogP contribution in [0.2, 0.25) is 0 Å². The average molecular weight is 396 g/mol. The molecule has 2 amide bonds. The first kappa shape index (κ1) is 20.6. The predicted octanol–water partition coefficient (Wildman–Crippen LogP) is 3.66. The van der Waals surface area contributed by atoms with Gasteiger partial charge in [-0.2, -0.15) is 0 Å². The van der Waals surface area contributed by atoms with Crippen molar-refractivity contribution < 1.29 is 14.4 Å². The van der Waals surface area contributed by atoms with Crippen LogP contribution in [0.3, 0.4) is 0 Å². The minimum absolute atomic E-state index is 0.137. The van der Waals surface area contributed by atoms with Crippen molar-refractivity contribution in [2.45, 2.75) is 6.92 Å². The van der Waals surface area contributed by atoms with Gasteiger partial charge in [0.15, 0.2) is 5.78 Å². The summed E-state index contributed by atoms with van der Waals surface area (Å²) in [5, 5.41) is 5.42. The Balaban J connectivity index is 1.65. The molecular weight excluding hydrogens is 376 g/mol. The largest absolute Gasteiger partial charge is 0.341 e. The number of ketones is 1. The van der Waals surface area contributed by atoms with Gasteiger partial charge in [0.05, 0.1) is 12.1 Å². The molecule has 3 aromatic carbocycles. The Morgan fingerprint density at radius 3 is 2.10 bits per heavy atom. The van der Waals surface area contributed by atoms with Gasteiger partial charge in [-0.3, -0.25) is 14.4 Å². The highest BCUT2D eigenvalue weighted by atomic mass is 16.2. The first-order chi connectivity index (χ1) is 14.5. The highest BCUT2D eigenvalue weighted by Gasteiger charge is 2.17. The lowest BCUT2D eigenvalue weighted by Gasteiger charge is -2.08. The summed E-state index contributed by atoms with van der Waals surface area (Å²) in [7, 11) is 0. The summed E-state index contributed by atoms with van der Waals surface area (Å²) in [5.74, 6) is 5.14. The van der Waals surface area contributed by atoms with E-state index in [1.807, 2.05) is 6.07 Å². The Kier molecular flexibility index (Phi) is 6.75. The van der Waals surface area contributed by atoms with E-state index in [0.29, 0.717) is 22.4 Å². The van der Waals surface area contributed by atoms with Crippen molar-refractivity contribution in [3.8, 4) is 11.8 Å². The lowest BCUT2D eigenvalue weighted by molar-refractivity contribution is -0.114. The maximum Gasteiger partial charge on any atom is 0.252 e. The molecule has 0 unspecified atom stereocenters. The van der Waals surface area contributed by atoms with Crippen molar-refractivity contribution in [3.05, 3.63) is 101 Å². The first-order valence-corrected chi connectivity index (χ1v) is 9.38. The van der Waals surface area contributed by atoms with E-state index in [-0.39, 0.29) is 24.1 Å². The van der Waals surface area contributed by atoms with Gasteiger partial charge in [0.25, 0.3) is 5.91 Å². The van der Waals surface area contributed by atoms with Gasteiger partial charge < -0.3 is 10.6 Å². The summed E-state index contributed by atoms with van der Waals surface area (Å²) in [5.41, 5.74) is 2.65. The molecule has 0 aliphatic heterocycles. The molecule has 5 heteroatoms. The number of anilines is 1. The molecule has 3 aromatic rings. The number of hydrogen-bond acceptors (Lipinski definition) is 3. The molecule has 3 rings (SSSR count). The second-order valence-electron chi connectivity index (χ2n) is 6.48. The third kappa shape index (κ3) is 5.43. The van der Waals surface area contributed by atoms with Crippen LogP contribution in [0.15, 0.2) is 78.9 Å². The van der Waals surface area contributed by atoms with Crippen molar-refractivity contribution in [2.24, 2.45) is 0 Å². The van der Waals surface area contributed by atoms with Gasteiger partial charge in [-0.15, -0.1) is 0 Å². The summed E-state index contributed by atoms with van der Waals surface area (Å²) in [6.07, 6.45) is 0. The van der Waals surface area contributed by atoms with Crippen molar-refractivity contribution >= 4 is 23.3 Å². The minimum atomic E-state index is -0.356. The standard InChI is InChI=1S/C25H20N2O3/c1-18(28)27-21-15-13-19(14-16-21)8-7-17-26-25(30)23-12-6-5-11-22(23)24(29)20-9-3-2-4-10-20/h2-6,9-16H,17H2,1H3,(H,26,30)(H,27,28). The Morgan fingerprint density at radius 2 is 1.43 bits per heavy atom. The van der Waals surface area contributed by atoms with Gasteiger partial charge >= 0.3 is 0 Å². The molecule has 2 N–H and O–H groups in total. The average Bonchev–Trinajstić information content (AvgIpc) is 2.77. The maximum atomic E-state index is 12.7. The van der Waals surface area contributed by atoms with Crippen LogP contribution in [0.25, 0.3) is 0 Å². The minimum Gasteiger partial charge on any atom is -0.341 e. The van der Waals surface area contributed by atoms with Crippen molar-refractivity contribution in [1.29, 1.82) is 0 Å². The molecule has 0 fully saturated rings. The second-order valence-corrected chi connectivity index (χ2v) is 6.48. The summed E-state index contributed by atoms with van der Waals surface area (Å²) >= 11 is 0. The molecule has 30 heavy (non-hydrogen) atoms. The predicted molar refractivity (Wildman–Crippen MR) is 116 cm³/mol. The van der Waals surface area contributed by atoms with Crippen LogP contribution in [0.5, 0.6) is 0 Å². The highest BCUT2D eigenvalue weighted by Crippen LogP contribution is 2.15. The molecule has 0 saturated heterocycles. The third-order valence-electron chi connectivity index (χ3n) is 4.23. The lowest BCUT2D eigenvalue weighted by atomic mass is 9.98. The number of carbonyl (C=O) groups is 3. The fraction of sp³-hybridized carbons (Fsp3) is 0.0800. The zero-order valence-electron chi connectivity index (χ0n) is 16.4. The Hall–Kier alpha value is -4.17. The van der Waals surface area contributed by atoms with E-state index in [9.17, 15) is 14.4 Å². The van der Waals surface area contributed by atoms with Crippen LogP contribution in [0, 0.1) is 11.8 Å². The van der Waals surface area contributed by atoms with E-state index in [2.05, 4.69) is 22.5 Å². The van der Waals surface area contributed by atoms with Crippen molar-refractivity contribution in [1.82, 2.24) is 5.32 Å². The fourth-order valence-corrected chi connectivity index (χ4v) is 2.83. The maximum absolute atomic E-state index is 12.7. The third-order valence-corrected chi connectivity index (χ3v) is 4.23. The van der Waals surface area contributed by atoms with Crippen LogP contribution in [-0.2, 0) is 4.79 Å². The molecule has 148 valence electrons. The first-order valence-electron chi connectivity index (χ1n) is 9.38. The molecule has 5 nitrogen and oxygen atoms in total. The molecular formula is C25H20N2O3. The number of benzene rings is 3. The number of amides is 2. The van der Waals surface area contributed by atoms with E-state index in [1.54, 1.807) is 72.8 Å². The molecule has 0 spiro atoms. The fourth-order valence-electron chi connectivity index (χ4n) is 2.83. The number of hydrogen-bond donors (Lipinski definition) is 2. The Bertz CT molecular complexity index is 1120. The van der Waals surface area contributed by atoms with Gasteiger partial charge in [0.1, 0.15) is 0 Å². The van der Waals surface area contributed by atoms with E-state index in [1.165, 1.54) is 6.92 Å². The van der Waals surface area contributed by atoms with E-state index in [0.717, 1.165) is 5.56 Å². The van der Waals surface area contributed by atoms with Crippen LogP contribution < -0.4 is 10.6 Å². The van der Waals surface area contributed by atoms with E-state index >= 15 is 0 Å². The van der Waals surface area contributed by atoms with Gasteiger partial charge in [0.2, 0.25) is 5.91 Å². The van der Waals surface area contributed by atoms with Crippen LogP contribution in [0.1, 0.15) is 38.8 Å². The van der Waals surface area contributed by atoms with Crippen molar-refractivity contribution in [3.63, 3.8) is 0 Å². The van der Waals surface area contributed by atoms with Gasteiger partial charge in [-0.05, 0) is 30.3 Å². The summed E-state index contributed by atoms with van der Waals surface area (Å²) in [6, 6.07) is 22.7. The van der Waals surface area contributed by atoms with Crippen LogP contribution >= 0.6 is 0 Å². The van der Waals surface area contributed by atoms with Gasteiger partial charge in [-0.1, -0.05) is 60.4 Å². The van der Waals surface area contributed by atoms with Crippen LogP contribution in [-0.4, -0.2) is 24.1 Å². The Labute approximate surface area is 175 Å². The topological polar surface area (TPSA) is 75.3 Å². The highest BCUT2D eigenvalue weighted by molar-refractivity contribution is 6.15. The SMILES string of the molecule is CC(=O)Nc1ccc(C#CCNC(=O)c2ccccc2C(=O)c2ccccc2)cc1. The quantitative estimate of drug-likeness (QED) is 0.511. The molecule has 0 atom stereocenters. The normalized spacial score (nSPS) is 9.77. The van der Waals surface area contributed by atoms with E-state index in [4.69, 9.17) is 0 Å². The van der Waals surface area contributed by atoms with Crippen LogP contribution in [0.4, 0.5) is 5.69 Å².